The van der Waals surface area contributed by atoms with Gasteiger partial charge in [0.2, 0.25) is 0 Å². The minimum Gasteiger partial charge on any atom is -0.497 e. The van der Waals surface area contributed by atoms with Crippen LogP contribution < -0.4 is 10.1 Å². The highest BCUT2D eigenvalue weighted by molar-refractivity contribution is 6.42. The molecule has 1 aliphatic heterocycles. The molecular formula is C22H17Cl2N3O3. The number of nitrogens with zero attached hydrogens (tertiary/aromatic N) is 2. The Morgan fingerprint density at radius 1 is 1.03 bits per heavy atom. The molecule has 2 heterocycles. The van der Waals surface area contributed by atoms with Gasteiger partial charge in [0.1, 0.15) is 11.4 Å². The molecule has 1 saturated heterocycles. The second kappa shape index (κ2) is 8.26. The summed E-state index contributed by atoms with van der Waals surface area (Å²) < 4.78 is 7.09. The van der Waals surface area contributed by atoms with Crippen LogP contribution in [0.2, 0.25) is 10.0 Å². The van der Waals surface area contributed by atoms with E-state index in [9.17, 15) is 9.59 Å². The summed E-state index contributed by atoms with van der Waals surface area (Å²) in [6, 6.07) is 14.0. The van der Waals surface area contributed by atoms with Crippen molar-refractivity contribution >= 4 is 41.2 Å². The number of urea groups is 1. The Bertz CT molecular complexity index is 1150. The van der Waals surface area contributed by atoms with E-state index < -0.39 is 11.9 Å². The van der Waals surface area contributed by atoms with Crippen LogP contribution in [0.1, 0.15) is 11.1 Å². The van der Waals surface area contributed by atoms with Crippen LogP contribution in [0.5, 0.6) is 5.75 Å². The van der Waals surface area contributed by atoms with E-state index >= 15 is 0 Å². The minimum absolute atomic E-state index is 0.103. The molecule has 8 heteroatoms. The first-order valence-corrected chi connectivity index (χ1v) is 9.81. The Balaban J connectivity index is 1.51. The maximum Gasteiger partial charge on any atom is 0.329 e. The standard InChI is InChI=1S/C22H17Cl2N3O3/c1-30-17-5-3-16(4-6-17)26-9-8-15(12-26)11-20-21(28)27(22(29)25-20)13-14-2-7-18(23)19(24)10-14/h2-12H,13H2,1H3,(H,25,29)/b20-11+. The molecular weight excluding hydrogens is 425 g/mol. The molecule has 6 nitrogen and oxygen atoms in total. The molecule has 1 aliphatic rings. The summed E-state index contributed by atoms with van der Waals surface area (Å²) in [5.41, 5.74) is 2.65. The van der Waals surface area contributed by atoms with Gasteiger partial charge in [0.25, 0.3) is 5.91 Å². The second-order valence-electron chi connectivity index (χ2n) is 6.68. The normalized spacial score (nSPS) is 15.0. The molecule has 30 heavy (non-hydrogen) atoms. The summed E-state index contributed by atoms with van der Waals surface area (Å²) >= 11 is 11.9. The number of carbonyl (C=O) groups is 2. The van der Waals surface area contributed by atoms with Crippen molar-refractivity contribution in [3.63, 3.8) is 0 Å². The Morgan fingerprint density at radius 2 is 1.80 bits per heavy atom. The first kappa shape index (κ1) is 20.1. The SMILES string of the molecule is COc1ccc(-n2ccc(/C=C3/NC(=O)N(Cc4ccc(Cl)c(Cl)c4)C3=O)c2)cc1. The van der Waals surface area contributed by atoms with Gasteiger partial charge in [-0.3, -0.25) is 9.69 Å². The lowest BCUT2D eigenvalue weighted by atomic mass is 10.2. The minimum atomic E-state index is -0.480. The van der Waals surface area contributed by atoms with Gasteiger partial charge in [-0.1, -0.05) is 29.3 Å². The van der Waals surface area contributed by atoms with E-state index in [-0.39, 0.29) is 12.2 Å². The van der Waals surface area contributed by atoms with Gasteiger partial charge in [0, 0.05) is 18.1 Å². The van der Waals surface area contributed by atoms with Gasteiger partial charge in [0.15, 0.2) is 0 Å². The van der Waals surface area contributed by atoms with Crippen LogP contribution >= 0.6 is 23.2 Å². The molecule has 1 fully saturated rings. The van der Waals surface area contributed by atoms with Gasteiger partial charge in [-0.25, -0.2) is 4.79 Å². The molecule has 0 bridgehead atoms. The fourth-order valence-electron chi connectivity index (χ4n) is 3.12. The van der Waals surface area contributed by atoms with Gasteiger partial charge < -0.3 is 14.6 Å². The van der Waals surface area contributed by atoms with Crippen molar-refractivity contribution in [3.8, 4) is 11.4 Å². The van der Waals surface area contributed by atoms with Crippen LogP contribution in [-0.2, 0) is 11.3 Å². The topological polar surface area (TPSA) is 63.6 Å². The Labute approximate surface area is 183 Å². The predicted octanol–water partition coefficient (Wildman–Crippen LogP) is 4.89. The van der Waals surface area contributed by atoms with E-state index in [1.807, 2.05) is 47.3 Å². The summed E-state index contributed by atoms with van der Waals surface area (Å²) in [7, 11) is 1.62. The number of methoxy groups -OCH3 is 1. The van der Waals surface area contributed by atoms with Crippen molar-refractivity contribution in [1.29, 1.82) is 0 Å². The van der Waals surface area contributed by atoms with E-state index in [2.05, 4.69) is 5.32 Å². The highest BCUT2D eigenvalue weighted by atomic mass is 35.5. The highest BCUT2D eigenvalue weighted by Crippen LogP contribution is 2.25. The summed E-state index contributed by atoms with van der Waals surface area (Å²) in [4.78, 5) is 26.2. The number of aromatic nitrogens is 1. The van der Waals surface area contributed by atoms with Crippen LogP contribution in [-0.4, -0.2) is 28.5 Å². The lowest BCUT2D eigenvalue weighted by Gasteiger charge is -2.12. The van der Waals surface area contributed by atoms with Crippen LogP contribution in [0.25, 0.3) is 11.8 Å². The molecule has 0 saturated carbocycles. The van der Waals surface area contributed by atoms with Gasteiger partial charge in [-0.05, 0) is 59.7 Å². The quantitative estimate of drug-likeness (QED) is 0.452. The van der Waals surface area contributed by atoms with Crippen molar-refractivity contribution in [3.05, 3.63) is 87.8 Å². The maximum absolute atomic E-state index is 12.7. The number of ether oxygens (including phenoxy) is 1. The second-order valence-corrected chi connectivity index (χ2v) is 7.49. The van der Waals surface area contributed by atoms with E-state index in [4.69, 9.17) is 27.9 Å². The third kappa shape index (κ3) is 4.06. The summed E-state index contributed by atoms with van der Waals surface area (Å²) in [5, 5.41) is 3.41. The van der Waals surface area contributed by atoms with Crippen LogP contribution in [0, 0.1) is 0 Å². The van der Waals surface area contributed by atoms with Gasteiger partial charge in [-0.15, -0.1) is 0 Å². The Kier molecular flexibility index (Phi) is 5.53. The average molecular weight is 442 g/mol. The largest absolute Gasteiger partial charge is 0.497 e. The number of carbonyl (C=O) groups excluding carboxylic acids is 2. The monoisotopic (exact) mass is 441 g/mol. The molecule has 4 rings (SSSR count). The molecule has 1 N–H and O–H groups in total. The lowest BCUT2D eigenvalue weighted by Crippen LogP contribution is -2.30. The molecule has 2 aromatic carbocycles. The third-order valence-electron chi connectivity index (χ3n) is 4.68. The van der Waals surface area contributed by atoms with E-state index in [0.29, 0.717) is 15.6 Å². The molecule has 1 aromatic heterocycles. The van der Waals surface area contributed by atoms with Gasteiger partial charge >= 0.3 is 6.03 Å². The van der Waals surface area contributed by atoms with Crippen LogP contribution in [0.4, 0.5) is 4.79 Å². The zero-order valence-electron chi connectivity index (χ0n) is 15.9. The first-order valence-electron chi connectivity index (χ1n) is 9.05. The molecule has 0 unspecified atom stereocenters. The zero-order valence-corrected chi connectivity index (χ0v) is 17.4. The fourth-order valence-corrected chi connectivity index (χ4v) is 3.44. The molecule has 0 radical (unpaired) electrons. The van der Waals surface area contributed by atoms with Crippen LogP contribution in [0.3, 0.4) is 0 Å². The van der Waals surface area contributed by atoms with E-state index in [0.717, 1.165) is 21.9 Å². The van der Waals surface area contributed by atoms with Crippen molar-refractivity contribution in [2.75, 3.05) is 7.11 Å². The molecule has 3 aromatic rings. The van der Waals surface area contributed by atoms with Crippen LogP contribution in [0.15, 0.2) is 66.6 Å². The molecule has 0 spiro atoms. The number of benzene rings is 2. The smallest absolute Gasteiger partial charge is 0.329 e. The third-order valence-corrected chi connectivity index (χ3v) is 5.42. The number of nitrogens with one attached hydrogen (secondary N) is 1. The van der Waals surface area contributed by atoms with Crippen molar-refractivity contribution in [2.45, 2.75) is 6.54 Å². The van der Waals surface area contributed by atoms with E-state index in [1.54, 1.807) is 31.4 Å². The van der Waals surface area contributed by atoms with Crippen molar-refractivity contribution in [2.24, 2.45) is 0 Å². The van der Waals surface area contributed by atoms with Gasteiger partial charge in [0.05, 0.1) is 23.7 Å². The zero-order chi connectivity index (χ0) is 21.3. The summed E-state index contributed by atoms with van der Waals surface area (Å²) in [6.45, 7) is 0.103. The lowest BCUT2D eigenvalue weighted by molar-refractivity contribution is -0.123. The number of imide groups is 1. The van der Waals surface area contributed by atoms with Crippen molar-refractivity contribution < 1.29 is 14.3 Å². The molecule has 0 aliphatic carbocycles. The highest BCUT2D eigenvalue weighted by Gasteiger charge is 2.33. The summed E-state index contributed by atoms with van der Waals surface area (Å²) in [5.74, 6) is 0.373. The average Bonchev–Trinajstić information content (AvgIpc) is 3.31. The van der Waals surface area contributed by atoms with E-state index in [1.165, 1.54) is 0 Å². The molecule has 3 amide bonds. The number of hydrogen-bond acceptors (Lipinski definition) is 3. The summed E-state index contributed by atoms with van der Waals surface area (Å²) in [6.07, 6.45) is 5.40. The number of rotatable bonds is 5. The Hall–Kier alpha value is -3.22. The Morgan fingerprint density at radius 3 is 2.50 bits per heavy atom. The first-order chi connectivity index (χ1) is 14.4. The number of amides is 3. The van der Waals surface area contributed by atoms with Crippen molar-refractivity contribution in [1.82, 2.24) is 14.8 Å². The number of halogens is 2. The van der Waals surface area contributed by atoms with Gasteiger partial charge in [-0.2, -0.15) is 0 Å². The molecule has 0 atom stereocenters. The number of hydrogen-bond donors (Lipinski definition) is 1. The molecule has 152 valence electrons. The predicted molar refractivity (Wildman–Crippen MR) is 116 cm³/mol. The fraction of sp³-hybridized carbons (Fsp3) is 0.0909. The maximum atomic E-state index is 12.7.